The van der Waals surface area contributed by atoms with E-state index in [0.29, 0.717) is 11.1 Å². The van der Waals surface area contributed by atoms with Crippen LogP contribution in [0.15, 0.2) is 48.5 Å². The molecule has 0 fully saturated rings. The Labute approximate surface area is 145 Å². The minimum atomic E-state index is -3.21. The normalized spacial score (nSPS) is 12.4. The zero-order chi connectivity index (χ0) is 18.6. The highest BCUT2D eigenvalue weighted by molar-refractivity contribution is 7.89. The lowest BCUT2D eigenvalue weighted by molar-refractivity contribution is -0.385. The van der Waals surface area contributed by atoms with Gasteiger partial charge in [-0.25, -0.2) is 13.2 Å². The lowest BCUT2D eigenvalue weighted by Gasteiger charge is -2.14. The monoisotopic (exact) mass is 363 g/mol. The van der Waals surface area contributed by atoms with Gasteiger partial charge in [-0.05, 0) is 30.2 Å². The number of hydrogen-bond acceptors (Lipinski definition) is 6. The molecule has 0 aliphatic rings. The van der Waals surface area contributed by atoms with E-state index < -0.39 is 26.8 Å². The Morgan fingerprint density at radius 1 is 1.20 bits per heavy atom. The van der Waals surface area contributed by atoms with Crippen LogP contribution in [0.2, 0.25) is 0 Å². The Morgan fingerprint density at radius 3 is 2.52 bits per heavy atom. The minimum Gasteiger partial charge on any atom is -0.454 e. The zero-order valence-electron chi connectivity index (χ0n) is 13.7. The quantitative estimate of drug-likeness (QED) is 0.444. The van der Waals surface area contributed by atoms with Gasteiger partial charge in [-0.15, -0.1) is 0 Å². The molecule has 0 heterocycles. The molecule has 0 aliphatic carbocycles. The Balaban J connectivity index is 2.15. The summed E-state index contributed by atoms with van der Waals surface area (Å²) in [6.07, 6.45) is 0.425. The maximum absolute atomic E-state index is 12.3. The van der Waals surface area contributed by atoms with Gasteiger partial charge in [0.2, 0.25) is 0 Å². The molecule has 0 aromatic heterocycles. The maximum Gasteiger partial charge on any atom is 0.338 e. The second-order valence-electron chi connectivity index (χ2n) is 5.67. The van der Waals surface area contributed by atoms with E-state index >= 15 is 0 Å². The first kappa shape index (κ1) is 18.6. The van der Waals surface area contributed by atoms with Gasteiger partial charge in [0.25, 0.3) is 5.69 Å². The van der Waals surface area contributed by atoms with Crippen LogP contribution in [-0.2, 0) is 20.3 Å². The van der Waals surface area contributed by atoms with E-state index in [1.165, 1.54) is 30.3 Å². The minimum absolute atomic E-state index is 0.0875. The predicted molar refractivity (Wildman–Crippen MR) is 91.9 cm³/mol. The van der Waals surface area contributed by atoms with Crippen molar-refractivity contribution in [2.45, 2.75) is 18.8 Å². The highest BCUT2D eigenvalue weighted by atomic mass is 32.2. The van der Waals surface area contributed by atoms with Gasteiger partial charge in [0, 0.05) is 18.4 Å². The van der Waals surface area contributed by atoms with Crippen LogP contribution in [-0.4, -0.2) is 25.6 Å². The van der Waals surface area contributed by atoms with E-state index in [-0.39, 0.29) is 17.0 Å². The molecule has 2 rings (SSSR count). The lowest BCUT2D eigenvalue weighted by atomic mass is 10.1. The highest BCUT2D eigenvalue weighted by Crippen LogP contribution is 2.23. The number of ether oxygens (including phenoxy) is 1. The van der Waals surface area contributed by atoms with Gasteiger partial charge in [-0.1, -0.05) is 24.3 Å². The van der Waals surface area contributed by atoms with E-state index in [2.05, 4.69) is 0 Å². The van der Waals surface area contributed by atoms with Crippen molar-refractivity contribution in [2.75, 3.05) is 6.26 Å². The van der Waals surface area contributed by atoms with E-state index in [1.807, 2.05) is 0 Å². The fraction of sp³-hybridized carbons (Fsp3) is 0.235. The number of carbonyl (C=O) groups is 1. The molecule has 25 heavy (non-hydrogen) atoms. The third kappa shape index (κ3) is 5.39. The summed E-state index contributed by atoms with van der Waals surface area (Å²) in [5, 5.41) is 10.8. The molecule has 2 aromatic rings. The summed E-state index contributed by atoms with van der Waals surface area (Å²) in [7, 11) is -3.21. The van der Waals surface area contributed by atoms with Crippen LogP contribution in [0.4, 0.5) is 5.69 Å². The smallest absolute Gasteiger partial charge is 0.338 e. The fourth-order valence-corrected chi connectivity index (χ4v) is 3.06. The molecule has 0 bridgehead atoms. The number of non-ortho nitro benzene ring substituents is 1. The third-order valence-electron chi connectivity index (χ3n) is 3.43. The molecule has 1 atom stereocenters. The summed E-state index contributed by atoms with van der Waals surface area (Å²) in [6.45, 7) is 1.61. The van der Waals surface area contributed by atoms with Crippen LogP contribution in [0.5, 0.6) is 0 Å². The highest BCUT2D eigenvalue weighted by Gasteiger charge is 2.17. The zero-order valence-corrected chi connectivity index (χ0v) is 14.5. The number of sulfone groups is 1. The van der Waals surface area contributed by atoms with Crippen molar-refractivity contribution in [3.05, 3.63) is 75.3 Å². The summed E-state index contributed by atoms with van der Waals surface area (Å²) in [5.74, 6) is -0.802. The van der Waals surface area contributed by atoms with Crippen LogP contribution in [0.25, 0.3) is 0 Å². The van der Waals surface area contributed by atoms with Gasteiger partial charge in [-0.3, -0.25) is 10.1 Å². The summed E-state index contributed by atoms with van der Waals surface area (Å²) in [6, 6.07) is 12.0. The number of nitro groups is 1. The Bertz CT molecular complexity index is 907. The Hall–Kier alpha value is -2.74. The molecule has 0 N–H and O–H groups in total. The average molecular weight is 363 g/mol. The molecule has 0 spiro atoms. The number of carbonyl (C=O) groups excluding carboxylic acids is 1. The fourth-order valence-electron chi connectivity index (χ4n) is 2.28. The SMILES string of the molecule is C[C@H](OC(=O)c1cccc(CS(C)(=O)=O)c1)c1cccc([N+](=O)[O-])c1. The number of benzene rings is 2. The van der Waals surface area contributed by atoms with Gasteiger partial charge in [-0.2, -0.15) is 0 Å². The van der Waals surface area contributed by atoms with Crippen molar-refractivity contribution in [2.24, 2.45) is 0 Å². The van der Waals surface area contributed by atoms with Gasteiger partial charge in [0.05, 0.1) is 16.2 Å². The topological polar surface area (TPSA) is 104 Å². The van der Waals surface area contributed by atoms with Crippen molar-refractivity contribution >= 4 is 21.5 Å². The van der Waals surface area contributed by atoms with E-state index in [1.54, 1.807) is 25.1 Å². The molecule has 0 radical (unpaired) electrons. The average Bonchev–Trinajstić information content (AvgIpc) is 2.53. The number of nitrogens with zero attached hydrogens (tertiary/aromatic N) is 1. The molecule has 7 nitrogen and oxygen atoms in total. The van der Waals surface area contributed by atoms with Crippen molar-refractivity contribution < 1.29 is 22.9 Å². The molecule has 8 heteroatoms. The van der Waals surface area contributed by atoms with Crippen molar-refractivity contribution in [1.29, 1.82) is 0 Å². The van der Waals surface area contributed by atoms with Crippen LogP contribution < -0.4 is 0 Å². The lowest BCUT2D eigenvalue weighted by Crippen LogP contribution is -2.10. The number of esters is 1. The van der Waals surface area contributed by atoms with Crippen LogP contribution >= 0.6 is 0 Å². The molecule has 132 valence electrons. The second kappa shape index (κ2) is 7.43. The Kier molecular flexibility index (Phi) is 5.53. The van der Waals surface area contributed by atoms with E-state index in [4.69, 9.17) is 4.74 Å². The van der Waals surface area contributed by atoms with Crippen molar-refractivity contribution in [1.82, 2.24) is 0 Å². The molecular formula is C17H17NO6S. The second-order valence-corrected chi connectivity index (χ2v) is 7.81. The predicted octanol–water partition coefficient (Wildman–Crippen LogP) is 3.06. The van der Waals surface area contributed by atoms with Gasteiger partial charge in [0.15, 0.2) is 9.84 Å². The van der Waals surface area contributed by atoms with Crippen LogP contribution in [0.3, 0.4) is 0 Å². The van der Waals surface area contributed by atoms with Crippen molar-refractivity contribution in [3.63, 3.8) is 0 Å². The van der Waals surface area contributed by atoms with E-state index in [0.717, 1.165) is 6.26 Å². The van der Waals surface area contributed by atoms with Crippen LogP contribution in [0.1, 0.15) is 34.5 Å². The molecule has 0 unspecified atom stereocenters. The molecule has 0 saturated carbocycles. The molecule has 0 amide bonds. The largest absolute Gasteiger partial charge is 0.454 e. The Morgan fingerprint density at radius 2 is 1.88 bits per heavy atom. The molecule has 0 aliphatic heterocycles. The van der Waals surface area contributed by atoms with Crippen LogP contribution in [0, 0.1) is 10.1 Å². The van der Waals surface area contributed by atoms with E-state index in [9.17, 15) is 23.3 Å². The molecular weight excluding hydrogens is 346 g/mol. The first-order valence-electron chi connectivity index (χ1n) is 7.38. The van der Waals surface area contributed by atoms with Gasteiger partial charge >= 0.3 is 5.97 Å². The maximum atomic E-state index is 12.3. The molecule has 0 saturated heterocycles. The van der Waals surface area contributed by atoms with Crippen molar-refractivity contribution in [3.8, 4) is 0 Å². The number of hydrogen-bond donors (Lipinski definition) is 0. The third-order valence-corrected chi connectivity index (χ3v) is 4.28. The van der Waals surface area contributed by atoms with Gasteiger partial charge in [0.1, 0.15) is 6.10 Å². The number of rotatable bonds is 6. The summed E-state index contributed by atoms with van der Waals surface area (Å²) in [4.78, 5) is 22.6. The van der Waals surface area contributed by atoms with Gasteiger partial charge < -0.3 is 4.74 Å². The standard InChI is InChI=1S/C17H17NO6S/c1-12(14-6-4-8-16(10-14)18(20)21)24-17(19)15-7-3-5-13(9-15)11-25(2,22)23/h3-10,12H,11H2,1-2H3/t12-/m0/s1. The summed E-state index contributed by atoms with van der Waals surface area (Å²) < 4.78 is 28.1. The molecule has 2 aromatic carbocycles. The summed E-state index contributed by atoms with van der Waals surface area (Å²) >= 11 is 0. The number of nitro benzene ring substituents is 1. The first-order valence-corrected chi connectivity index (χ1v) is 9.44. The summed E-state index contributed by atoms with van der Waals surface area (Å²) in [5.41, 5.74) is 1.11. The first-order chi connectivity index (χ1) is 11.7.